The maximum Gasteiger partial charge on any atom is 0.416 e. The molecule has 1 heterocycles. The van der Waals surface area contributed by atoms with Crippen molar-refractivity contribution in [3.05, 3.63) is 52.4 Å². The molecular weight excluding hydrogens is 245 g/mol. The van der Waals surface area contributed by atoms with E-state index >= 15 is 0 Å². The summed E-state index contributed by atoms with van der Waals surface area (Å²) in [4.78, 5) is 13.9. The molecule has 1 aromatic carbocycles. The van der Waals surface area contributed by atoms with Crippen molar-refractivity contribution in [3.63, 3.8) is 0 Å². The van der Waals surface area contributed by atoms with Crippen molar-refractivity contribution in [2.75, 3.05) is 5.73 Å². The maximum atomic E-state index is 12.6. The average Bonchev–Trinajstić information content (AvgIpc) is 2.31. The summed E-state index contributed by atoms with van der Waals surface area (Å²) in [7, 11) is 0. The first-order chi connectivity index (χ1) is 8.38. The molecule has 0 amide bonds. The molecular formula is C12H9F3N2O. The first-order valence-corrected chi connectivity index (χ1v) is 5.04. The number of hydrogen-bond donors (Lipinski definition) is 2. The number of anilines is 1. The predicted octanol–water partition coefficient (Wildman–Crippen LogP) is 2.64. The van der Waals surface area contributed by atoms with Crippen molar-refractivity contribution >= 4 is 5.69 Å². The number of H-pyrrole nitrogens is 1. The van der Waals surface area contributed by atoms with Gasteiger partial charge < -0.3 is 10.7 Å². The first-order valence-electron chi connectivity index (χ1n) is 5.04. The van der Waals surface area contributed by atoms with Gasteiger partial charge in [-0.05, 0) is 23.8 Å². The molecule has 0 spiro atoms. The fraction of sp³-hybridized carbons (Fsp3) is 0.0833. The van der Waals surface area contributed by atoms with E-state index in [4.69, 9.17) is 5.73 Å². The van der Waals surface area contributed by atoms with Gasteiger partial charge in [-0.25, -0.2) is 0 Å². The fourth-order valence-corrected chi connectivity index (χ4v) is 1.58. The Morgan fingerprint density at radius 1 is 1.17 bits per heavy atom. The highest BCUT2D eigenvalue weighted by Gasteiger charge is 2.30. The smallest absolute Gasteiger partial charge is 0.398 e. The molecule has 94 valence electrons. The molecule has 0 unspecified atom stereocenters. The minimum atomic E-state index is -4.44. The highest BCUT2D eigenvalue weighted by Crippen LogP contribution is 2.31. The van der Waals surface area contributed by atoms with Crippen molar-refractivity contribution in [1.29, 1.82) is 0 Å². The maximum absolute atomic E-state index is 12.6. The van der Waals surface area contributed by atoms with E-state index in [9.17, 15) is 18.0 Å². The molecule has 18 heavy (non-hydrogen) atoms. The number of halogens is 3. The molecule has 6 heteroatoms. The Labute approximate surface area is 100 Å². The van der Waals surface area contributed by atoms with Crippen molar-refractivity contribution in [2.24, 2.45) is 0 Å². The monoisotopic (exact) mass is 254 g/mol. The fourth-order valence-electron chi connectivity index (χ4n) is 1.58. The van der Waals surface area contributed by atoms with E-state index < -0.39 is 17.3 Å². The molecule has 0 radical (unpaired) electrons. The van der Waals surface area contributed by atoms with E-state index in [-0.39, 0.29) is 16.8 Å². The van der Waals surface area contributed by atoms with Crippen LogP contribution in [0.25, 0.3) is 11.1 Å². The first kappa shape index (κ1) is 12.2. The molecule has 0 fully saturated rings. The molecule has 0 saturated carbocycles. The standard InChI is InChI=1S/C12H9F3N2O/c13-12(14,15)8-3-1-2-7(4-8)10-5-9(16)6-17-11(10)18/h1-6H,16H2,(H,17,18). The summed E-state index contributed by atoms with van der Waals surface area (Å²) in [5, 5.41) is 0. The van der Waals surface area contributed by atoms with Gasteiger partial charge in [0, 0.05) is 17.4 Å². The van der Waals surface area contributed by atoms with E-state index in [2.05, 4.69) is 4.98 Å². The molecule has 0 aliphatic carbocycles. The van der Waals surface area contributed by atoms with E-state index in [1.165, 1.54) is 24.4 Å². The number of aromatic nitrogens is 1. The van der Waals surface area contributed by atoms with Crippen LogP contribution in [-0.4, -0.2) is 4.98 Å². The van der Waals surface area contributed by atoms with Crippen molar-refractivity contribution < 1.29 is 13.2 Å². The third-order valence-electron chi connectivity index (χ3n) is 2.43. The van der Waals surface area contributed by atoms with Gasteiger partial charge in [0.2, 0.25) is 0 Å². The Bertz CT molecular complexity index is 632. The molecule has 0 aliphatic rings. The zero-order chi connectivity index (χ0) is 13.3. The molecule has 0 saturated heterocycles. The largest absolute Gasteiger partial charge is 0.416 e. The summed E-state index contributed by atoms with van der Waals surface area (Å²) in [6, 6.07) is 5.89. The summed E-state index contributed by atoms with van der Waals surface area (Å²) in [5.74, 6) is 0. The van der Waals surface area contributed by atoms with Crippen LogP contribution in [0.5, 0.6) is 0 Å². The lowest BCUT2D eigenvalue weighted by Crippen LogP contribution is -2.10. The van der Waals surface area contributed by atoms with Crippen LogP contribution >= 0.6 is 0 Å². The summed E-state index contributed by atoms with van der Waals surface area (Å²) >= 11 is 0. The lowest BCUT2D eigenvalue weighted by Gasteiger charge is -2.08. The van der Waals surface area contributed by atoms with Gasteiger partial charge >= 0.3 is 6.18 Å². The van der Waals surface area contributed by atoms with Crippen LogP contribution in [0.3, 0.4) is 0 Å². The number of rotatable bonds is 1. The van der Waals surface area contributed by atoms with Crippen molar-refractivity contribution in [1.82, 2.24) is 4.98 Å². The second-order valence-corrected chi connectivity index (χ2v) is 3.75. The van der Waals surface area contributed by atoms with Crippen LogP contribution in [-0.2, 0) is 6.18 Å². The Balaban J connectivity index is 2.58. The predicted molar refractivity (Wildman–Crippen MR) is 61.9 cm³/mol. The summed E-state index contributed by atoms with van der Waals surface area (Å²) in [6.45, 7) is 0. The Hall–Kier alpha value is -2.24. The van der Waals surface area contributed by atoms with Gasteiger partial charge in [0.05, 0.1) is 5.56 Å². The SMILES string of the molecule is Nc1c[nH]c(=O)c(-c2cccc(C(F)(F)F)c2)c1. The number of benzene rings is 1. The van der Waals surface area contributed by atoms with Crippen LogP contribution in [0.4, 0.5) is 18.9 Å². The lowest BCUT2D eigenvalue weighted by molar-refractivity contribution is -0.137. The van der Waals surface area contributed by atoms with Crippen molar-refractivity contribution in [2.45, 2.75) is 6.18 Å². The Kier molecular flexibility index (Phi) is 2.86. The summed E-state index contributed by atoms with van der Waals surface area (Å²) in [6.07, 6.45) is -3.15. The summed E-state index contributed by atoms with van der Waals surface area (Å²) in [5.41, 5.74) is 4.78. The molecule has 0 bridgehead atoms. The van der Waals surface area contributed by atoms with Gasteiger partial charge in [0.15, 0.2) is 0 Å². The van der Waals surface area contributed by atoms with Gasteiger partial charge in [-0.2, -0.15) is 13.2 Å². The van der Waals surface area contributed by atoms with Gasteiger partial charge in [-0.1, -0.05) is 12.1 Å². The Morgan fingerprint density at radius 2 is 1.89 bits per heavy atom. The normalized spacial score (nSPS) is 11.5. The third-order valence-corrected chi connectivity index (χ3v) is 2.43. The molecule has 2 rings (SSSR count). The van der Waals surface area contributed by atoms with Gasteiger partial charge in [0.25, 0.3) is 5.56 Å². The zero-order valence-electron chi connectivity index (χ0n) is 9.08. The van der Waals surface area contributed by atoms with Gasteiger partial charge in [-0.3, -0.25) is 4.79 Å². The lowest BCUT2D eigenvalue weighted by atomic mass is 10.0. The van der Waals surface area contributed by atoms with Crippen LogP contribution < -0.4 is 11.3 Å². The molecule has 3 N–H and O–H groups in total. The number of pyridine rings is 1. The van der Waals surface area contributed by atoms with E-state index in [0.717, 1.165) is 12.1 Å². The number of alkyl halides is 3. The van der Waals surface area contributed by atoms with Crippen LogP contribution in [0.15, 0.2) is 41.3 Å². The van der Waals surface area contributed by atoms with Gasteiger partial charge in [0.1, 0.15) is 0 Å². The number of nitrogen functional groups attached to an aromatic ring is 1. The highest BCUT2D eigenvalue weighted by atomic mass is 19.4. The number of nitrogens with one attached hydrogen (secondary N) is 1. The Morgan fingerprint density at radius 3 is 2.56 bits per heavy atom. The van der Waals surface area contributed by atoms with Crippen LogP contribution in [0, 0.1) is 0 Å². The quantitative estimate of drug-likeness (QED) is 0.821. The van der Waals surface area contributed by atoms with Crippen molar-refractivity contribution in [3.8, 4) is 11.1 Å². The van der Waals surface area contributed by atoms with Crippen LogP contribution in [0.1, 0.15) is 5.56 Å². The molecule has 2 aromatic rings. The third kappa shape index (κ3) is 2.37. The molecule has 0 aliphatic heterocycles. The van der Waals surface area contributed by atoms with E-state index in [1.54, 1.807) is 0 Å². The van der Waals surface area contributed by atoms with E-state index in [1.807, 2.05) is 0 Å². The second-order valence-electron chi connectivity index (χ2n) is 3.75. The number of hydrogen-bond acceptors (Lipinski definition) is 2. The molecule has 0 atom stereocenters. The van der Waals surface area contributed by atoms with E-state index in [0.29, 0.717) is 0 Å². The minimum absolute atomic E-state index is 0.112. The molecule has 1 aromatic heterocycles. The average molecular weight is 254 g/mol. The topological polar surface area (TPSA) is 58.9 Å². The molecule has 3 nitrogen and oxygen atoms in total. The second kappa shape index (κ2) is 4.21. The number of aromatic amines is 1. The number of nitrogens with two attached hydrogens (primary N) is 1. The zero-order valence-corrected chi connectivity index (χ0v) is 9.08. The van der Waals surface area contributed by atoms with Gasteiger partial charge in [-0.15, -0.1) is 0 Å². The van der Waals surface area contributed by atoms with Crippen LogP contribution in [0.2, 0.25) is 0 Å². The summed E-state index contributed by atoms with van der Waals surface area (Å²) < 4.78 is 37.7. The highest BCUT2D eigenvalue weighted by molar-refractivity contribution is 5.66. The minimum Gasteiger partial charge on any atom is -0.398 e.